The van der Waals surface area contributed by atoms with Gasteiger partial charge in [0.05, 0.1) is 37.1 Å². The Labute approximate surface area is 331 Å². The van der Waals surface area contributed by atoms with Gasteiger partial charge >= 0.3 is 6.18 Å². The summed E-state index contributed by atoms with van der Waals surface area (Å²) in [4.78, 5) is 48.3. The van der Waals surface area contributed by atoms with Crippen molar-refractivity contribution in [3.05, 3.63) is 107 Å². The molecule has 1 aromatic heterocycles. The van der Waals surface area contributed by atoms with Crippen molar-refractivity contribution in [1.29, 1.82) is 5.26 Å². The topological polar surface area (TPSA) is 133 Å². The van der Waals surface area contributed by atoms with Crippen molar-refractivity contribution in [1.82, 2.24) is 24.9 Å². The predicted octanol–water partition coefficient (Wildman–Crippen LogP) is 5.56. The summed E-state index contributed by atoms with van der Waals surface area (Å²) in [6, 6.07) is 16.1. The minimum atomic E-state index is -4.73. The lowest BCUT2D eigenvalue weighted by molar-refractivity contribution is -0.189. The Morgan fingerprint density at radius 1 is 1.07 bits per heavy atom. The van der Waals surface area contributed by atoms with Gasteiger partial charge in [0.1, 0.15) is 29.5 Å². The summed E-state index contributed by atoms with van der Waals surface area (Å²) in [5.74, 6) is -3.17. The second-order valence-electron chi connectivity index (χ2n) is 15.3. The molecule has 5 heterocycles. The van der Waals surface area contributed by atoms with Gasteiger partial charge in [-0.05, 0) is 74.2 Å². The molecule has 4 aliphatic heterocycles. The SMILES string of the molecule is CCN1C(=O)[C@H](NC(=O)c2cccc(C(F)(F)F)c2)[C@H](c2ccc(F)cc2)c2c(C(=O)N3CCC[C@H]3C#N)nn(-c3cccc(OCCCN4CC5(COC5)C4)c3)c21. The van der Waals surface area contributed by atoms with Crippen molar-refractivity contribution in [3.8, 4) is 17.5 Å². The van der Waals surface area contributed by atoms with Crippen LogP contribution in [-0.2, 0) is 15.7 Å². The molecule has 3 atom stereocenters. The molecule has 0 bridgehead atoms. The highest BCUT2D eigenvalue weighted by Crippen LogP contribution is 2.45. The Bertz CT molecular complexity index is 2260. The summed E-state index contributed by atoms with van der Waals surface area (Å²) in [6.45, 7) is 7.00. The van der Waals surface area contributed by atoms with Crippen LogP contribution in [0.3, 0.4) is 0 Å². The van der Waals surface area contributed by atoms with E-state index in [9.17, 15) is 37.2 Å². The van der Waals surface area contributed by atoms with Crippen molar-refractivity contribution >= 4 is 23.5 Å². The number of likely N-dealkylation sites (tertiary alicyclic amines) is 2. The first kappa shape index (κ1) is 39.1. The molecule has 1 N–H and O–H groups in total. The molecule has 8 rings (SSSR count). The van der Waals surface area contributed by atoms with Gasteiger partial charge in [-0.3, -0.25) is 19.3 Å². The van der Waals surface area contributed by atoms with Gasteiger partial charge in [-0.15, -0.1) is 0 Å². The molecule has 0 radical (unpaired) electrons. The van der Waals surface area contributed by atoms with Gasteiger partial charge in [-0.25, -0.2) is 9.07 Å². The number of nitrogens with zero attached hydrogens (tertiary/aromatic N) is 6. The van der Waals surface area contributed by atoms with E-state index in [1.54, 1.807) is 31.2 Å². The lowest BCUT2D eigenvalue weighted by atomic mass is 9.78. The lowest BCUT2D eigenvalue weighted by Crippen LogP contribution is -2.65. The monoisotopic (exact) mass is 799 g/mol. The van der Waals surface area contributed by atoms with E-state index < -0.39 is 53.3 Å². The summed E-state index contributed by atoms with van der Waals surface area (Å²) in [7, 11) is 0. The van der Waals surface area contributed by atoms with Crippen LogP contribution in [-0.4, -0.2) is 102 Å². The van der Waals surface area contributed by atoms with Crippen molar-refractivity contribution in [2.75, 3.05) is 57.4 Å². The lowest BCUT2D eigenvalue weighted by Gasteiger charge is -2.55. The van der Waals surface area contributed by atoms with Gasteiger partial charge in [-0.2, -0.15) is 23.5 Å². The van der Waals surface area contributed by atoms with E-state index in [1.165, 1.54) is 44.8 Å². The average molecular weight is 800 g/mol. The van der Waals surface area contributed by atoms with E-state index in [2.05, 4.69) is 16.3 Å². The number of carbonyl (C=O) groups is 3. The maximum atomic E-state index is 14.7. The van der Waals surface area contributed by atoms with E-state index in [1.807, 2.05) is 0 Å². The number of amides is 3. The summed E-state index contributed by atoms with van der Waals surface area (Å²) in [5, 5.41) is 17.5. The van der Waals surface area contributed by atoms with Crippen LogP contribution in [0.2, 0.25) is 0 Å². The number of benzene rings is 3. The van der Waals surface area contributed by atoms with E-state index in [0.29, 0.717) is 47.9 Å². The number of hydrogen-bond acceptors (Lipinski definition) is 8. The number of hydrogen-bond donors (Lipinski definition) is 1. The molecule has 12 nitrogen and oxygen atoms in total. The van der Waals surface area contributed by atoms with Gasteiger partial charge in [0.2, 0.25) is 0 Å². The van der Waals surface area contributed by atoms with E-state index in [0.717, 1.165) is 51.4 Å². The quantitative estimate of drug-likeness (QED) is 0.154. The molecule has 0 saturated carbocycles. The van der Waals surface area contributed by atoms with Gasteiger partial charge < -0.3 is 24.6 Å². The van der Waals surface area contributed by atoms with E-state index in [4.69, 9.17) is 14.6 Å². The Morgan fingerprint density at radius 3 is 2.52 bits per heavy atom. The van der Waals surface area contributed by atoms with E-state index >= 15 is 0 Å². The highest BCUT2D eigenvalue weighted by atomic mass is 19.4. The Kier molecular flexibility index (Phi) is 10.4. The molecule has 0 aliphatic carbocycles. The third-order valence-electron chi connectivity index (χ3n) is 11.4. The first-order valence-corrected chi connectivity index (χ1v) is 19.3. The van der Waals surface area contributed by atoms with Crippen molar-refractivity contribution in [2.45, 2.75) is 50.4 Å². The number of carbonyl (C=O) groups excluding carboxylic acids is 3. The number of alkyl halides is 3. The molecule has 3 aromatic carbocycles. The van der Waals surface area contributed by atoms with Crippen molar-refractivity contribution < 1.29 is 41.4 Å². The molecule has 3 saturated heterocycles. The number of nitriles is 1. The maximum absolute atomic E-state index is 14.7. The van der Waals surface area contributed by atoms with Gasteiger partial charge in [0, 0.05) is 61.2 Å². The third-order valence-corrected chi connectivity index (χ3v) is 11.4. The molecule has 0 unspecified atom stereocenters. The first-order chi connectivity index (χ1) is 27.9. The molecule has 302 valence electrons. The van der Waals surface area contributed by atoms with Gasteiger partial charge in [0.15, 0.2) is 5.69 Å². The van der Waals surface area contributed by atoms with Gasteiger partial charge in [0.25, 0.3) is 17.7 Å². The van der Waals surface area contributed by atoms with Crippen LogP contribution >= 0.6 is 0 Å². The minimum Gasteiger partial charge on any atom is -0.493 e. The second-order valence-corrected chi connectivity index (χ2v) is 15.3. The number of aromatic nitrogens is 2. The number of anilines is 1. The molecule has 3 fully saturated rings. The fraction of sp³-hybridized carbons (Fsp3) is 0.405. The number of likely N-dealkylation sites (N-methyl/N-ethyl adjacent to an activating group) is 1. The molecule has 1 spiro atoms. The largest absolute Gasteiger partial charge is 0.493 e. The summed E-state index contributed by atoms with van der Waals surface area (Å²) in [6.07, 6.45) is -2.91. The summed E-state index contributed by atoms with van der Waals surface area (Å²) < 4.78 is 68.4. The molecular weight excluding hydrogens is 758 g/mol. The fourth-order valence-electron chi connectivity index (χ4n) is 8.53. The molecule has 58 heavy (non-hydrogen) atoms. The molecule has 16 heteroatoms. The van der Waals surface area contributed by atoms with Crippen LogP contribution in [0.5, 0.6) is 5.75 Å². The Morgan fingerprint density at radius 2 is 1.83 bits per heavy atom. The highest BCUT2D eigenvalue weighted by molar-refractivity contribution is 6.07. The number of ether oxygens (including phenoxy) is 2. The molecular formula is C42H41F4N7O5. The van der Waals surface area contributed by atoms with Crippen molar-refractivity contribution in [3.63, 3.8) is 0 Å². The zero-order valence-electron chi connectivity index (χ0n) is 31.7. The second kappa shape index (κ2) is 15.5. The minimum absolute atomic E-state index is 0.0435. The maximum Gasteiger partial charge on any atom is 0.416 e. The normalized spacial score (nSPS) is 21.2. The number of rotatable bonds is 11. The van der Waals surface area contributed by atoms with Crippen LogP contribution in [0.4, 0.5) is 23.4 Å². The molecule has 4 aliphatic rings. The highest BCUT2D eigenvalue weighted by Gasteiger charge is 2.49. The summed E-state index contributed by atoms with van der Waals surface area (Å²) >= 11 is 0. The van der Waals surface area contributed by atoms with Crippen LogP contribution in [0.15, 0.2) is 72.8 Å². The Hall–Kier alpha value is -5.79. The number of halogens is 4. The third kappa shape index (κ3) is 7.28. The van der Waals surface area contributed by atoms with Crippen LogP contribution in [0.25, 0.3) is 5.69 Å². The fourth-order valence-corrected chi connectivity index (χ4v) is 8.53. The number of fused-ring (bicyclic) bond motifs is 1. The Balaban J connectivity index is 1.19. The zero-order valence-corrected chi connectivity index (χ0v) is 31.7. The average Bonchev–Trinajstić information content (AvgIpc) is 3.83. The van der Waals surface area contributed by atoms with Crippen molar-refractivity contribution in [2.24, 2.45) is 5.41 Å². The molecule has 4 aromatic rings. The first-order valence-electron chi connectivity index (χ1n) is 19.3. The van der Waals surface area contributed by atoms with Crippen LogP contribution in [0, 0.1) is 22.6 Å². The zero-order chi connectivity index (χ0) is 40.8. The standard InChI is InChI=1S/C42H41F4N7O5/c1-2-51-38-34(33(26-12-14-29(43)15-13-26)35(39(51)55)48-37(54)27-7-3-8-28(19-27)42(44,45)46)36(40(56)52-17-5-10-31(52)21-47)49-53(38)30-9-4-11-32(20-30)58-18-6-16-50-22-41(23-50)24-57-25-41/h3-4,7-9,11-15,19-20,31,33,35H,2,5-6,10,16-18,22-25H2,1H3,(H,48,54)/t31-,33+,35+/m0/s1. The van der Waals surface area contributed by atoms with Crippen LogP contribution < -0.4 is 15.0 Å². The molecule has 3 amide bonds. The predicted molar refractivity (Wildman–Crippen MR) is 202 cm³/mol. The van der Waals surface area contributed by atoms with Crippen LogP contribution in [0.1, 0.15) is 69.6 Å². The smallest absolute Gasteiger partial charge is 0.416 e. The van der Waals surface area contributed by atoms with Gasteiger partial charge in [-0.1, -0.05) is 24.3 Å². The summed E-state index contributed by atoms with van der Waals surface area (Å²) in [5.41, 5.74) is -0.139. The number of nitrogens with one attached hydrogen (secondary N) is 1. The van der Waals surface area contributed by atoms with E-state index in [-0.39, 0.29) is 35.7 Å².